The smallest absolute Gasteiger partial charge is 0.265 e. The van der Waals surface area contributed by atoms with E-state index < -0.39 is 0 Å². The molecule has 5 heteroatoms. The Morgan fingerprint density at radius 2 is 2.21 bits per heavy atom. The van der Waals surface area contributed by atoms with E-state index in [0.29, 0.717) is 17.2 Å². The number of thiophene rings is 1. The second-order valence-electron chi connectivity index (χ2n) is 5.92. The van der Waals surface area contributed by atoms with Gasteiger partial charge in [0.05, 0.1) is 18.8 Å². The third kappa shape index (κ3) is 3.79. The molecule has 0 radical (unpaired) electrons. The van der Waals surface area contributed by atoms with Crippen molar-refractivity contribution in [2.75, 3.05) is 13.2 Å². The number of nitrogens with one attached hydrogen (secondary N) is 1. The molecule has 2 atom stereocenters. The SMILES string of the molecule is CCOc1cc(-c2ccccc2)sc1C(=O)NC(C)C1CCCO1. The van der Waals surface area contributed by atoms with Gasteiger partial charge in [-0.1, -0.05) is 30.3 Å². The van der Waals surface area contributed by atoms with Gasteiger partial charge in [0.2, 0.25) is 0 Å². The van der Waals surface area contributed by atoms with Crippen molar-refractivity contribution in [3.05, 3.63) is 41.3 Å². The lowest BCUT2D eigenvalue weighted by Crippen LogP contribution is -2.40. The van der Waals surface area contributed by atoms with Crippen molar-refractivity contribution < 1.29 is 14.3 Å². The molecule has 24 heavy (non-hydrogen) atoms. The van der Waals surface area contributed by atoms with Gasteiger partial charge in [0.15, 0.2) is 0 Å². The topological polar surface area (TPSA) is 47.6 Å². The number of amides is 1. The predicted molar refractivity (Wildman–Crippen MR) is 96.8 cm³/mol. The first-order valence-electron chi connectivity index (χ1n) is 8.43. The Morgan fingerprint density at radius 1 is 1.42 bits per heavy atom. The van der Waals surface area contributed by atoms with Gasteiger partial charge in [0, 0.05) is 11.5 Å². The summed E-state index contributed by atoms with van der Waals surface area (Å²) < 4.78 is 11.3. The zero-order chi connectivity index (χ0) is 16.9. The number of carbonyl (C=O) groups excluding carboxylic acids is 1. The molecule has 1 aromatic carbocycles. The van der Waals surface area contributed by atoms with E-state index in [0.717, 1.165) is 29.9 Å². The molecule has 2 unspecified atom stereocenters. The maximum absolute atomic E-state index is 12.7. The van der Waals surface area contributed by atoms with Crippen LogP contribution in [0.2, 0.25) is 0 Å². The van der Waals surface area contributed by atoms with Gasteiger partial charge in [-0.2, -0.15) is 0 Å². The highest BCUT2D eigenvalue weighted by Gasteiger charge is 2.26. The predicted octanol–water partition coefficient (Wildman–Crippen LogP) is 4.11. The molecule has 2 heterocycles. The van der Waals surface area contributed by atoms with Crippen LogP contribution in [0.15, 0.2) is 36.4 Å². The van der Waals surface area contributed by atoms with Crippen LogP contribution in [0.3, 0.4) is 0 Å². The van der Waals surface area contributed by atoms with Crippen LogP contribution >= 0.6 is 11.3 Å². The monoisotopic (exact) mass is 345 g/mol. The van der Waals surface area contributed by atoms with Crippen molar-refractivity contribution in [3.63, 3.8) is 0 Å². The van der Waals surface area contributed by atoms with Crippen LogP contribution in [-0.4, -0.2) is 31.3 Å². The fourth-order valence-electron chi connectivity index (χ4n) is 2.90. The highest BCUT2D eigenvalue weighted by Crippen LogP contribution is 2.36. The van der Waals surface area contributed by atoms with Crippen molar-refractivity contribution in [3.8, 4) is 16.2 Å². The second kappa shape index (κ2) is 7.81. The first-order valence-corrected chi connectivity index (χ1v) is 9.25. The highest BCUT2D eigenvalue weighted by atomic mass is 32.1. The molecule has 1 N–H and O–H groups in total. The second-order valence-corrected chi connectivity index (χ2v) is 6.97. The molecule has 1 aromatic heterocycles. The van der Waals surface area contributed by atoms with Crippen LogP contribution in [0.5, 0.6) is 5.75 Å². The molecule has 1 aliphatic heterocycles. The summed E-state index contributed by atoms with van der Waals surface area (Å²) in [7, 11) is 0. The van der Waals surface area contributed by atoms with Crippen molar-refractivity contribution in [2.24, 2.45) is 0 Å². The van der Waals surface area contributed by atoms with Crippen LogP contribution in [0.25, 0.3) is 10.4 Å². The van der Waals surface area contributed by atoms with Crippen molar-refractivity contribution >= 4 is 17.2 Å². The van der Waals surface area contributed by atoms with E-state index in [1.807, 2.05) is 50.2 Å². The molecule has 0 spiro atoms. The first kappa shape index (κ1) is 17.0. The Hall–Kier alpha value is -1.85. The summed E-state index contributed by atoms with van der Waals surface area (Å²) in [6, 6.07) is 12.0. The molecule has 3 rings (SSSR count). The number of hydrogen-bond donors (Lipinski definition) is 1. The lowest BCUT2D eigenvalue weighted by molar-refractivity contribution is 0.0713. The molecule has 0 aliphatic carbocycles. The Balaban J connectivity index is 1.80. The number of rotatable bonds is 6. The Labute approximate surface area is 146 Å². The van der Waals surface area contributed by atoms with Crippen LogP contribution < -0.4 is 10.1 Å². The fraction of sp³-hybridized carbons (Fsp3) is 0.421. The number of hydrogen-bond acceptors (Lipinski definition) is 4. The van der Waals surface area contributed by atoms with Gasteiger partial charge in [-0.05, 0) is 38.3 Å². The third-order valence-corrected chi connectivity index (χ3v) is 5.31. The summed E-state index contributed by atoms with van der Waals surface area (Å²) >= 11 is 1.47. The number of benzene rings is 1. The maximum atomic E-state index is 12.7. The van der Waals surface area contributed by atoms with E-state index in [-0.39, 0.29) is 18.1 Å². The van der Waals surface area contributed by atoms with Gasteiger partial charge in [-0.3, -0.25) is 4.79 Å². The minimum atomic E-state index is -0.0892. The molecule has 1 saturated heterocycles. The van der Waals surface area contributed by atoms with Crippen LogP contribution in [-0.2, 0) is 4.74 Å². The average molecular weight is 345 g/mol. The fourth-order valence-corrected chi connectivity index (χ4v) is 3.91. The molecule has 128 valence electrons. The van der Waals surface area contributed by atoms with Gasteiger partial charge in [-0.15, -0.1) is 11.3 Å². The minimum Gasteiger partial charge on any atom is -0.492 e. The molecule has 1 aliphatic rings. The summed E-state index contributed by atoms with van der Waals surface area (Å²) in [6.07, 6.45) is 2.17. The van der Waals surface area contributed by atoms with Gasteiger partial charge >= 0.3 is 0 Å². The number of ether oxygens (including phenoxy) is 2. The molecular weight excluding hydrogens is 322 g/mol. The molecule has 0 bridgehead atoms. The van der Waals surface area contributed by atoms with Crippen LogP contribution in [0.4, 0.5) is 0 Å². The van der Waals surface area contributed by atoms with Gasteiger partial charge < -0.3 is 14.8 Å². The minimum absolute atomic E-state index is 0.00301. The standard InChI is InChI=1S/C19H23NO3S/c1-3-22-16-12-17(14-8-5-4-6-9-14)24-18(16)19(21)20-13(2)15-10-7-11-23-15/h4-6,8-9,12-13,15H,3,7,10-11H2,1-2H3,(H,20,21). The summed E-state index contributed by atoms with van der Waals surface area (Å²) in [6.45, 7) is 5.25. The largest absolute Gasteiger partial charge is 0.492 e. The van der Waals surface area contributed by atoms with Gasteiger partial charge in [0.1, 0.15) is 10.6 Å². The molecule has 4 nitrogen and oxygen atoms in total. The van der Waals surface area contributed by atoms with Crippen molar-refractivity contribution in [1.29, 1.82) is 0 Å². The van der Waals surface area contributed by atoms with E-state index in [1.54, 1.807) is 0 Å². The normalized spacial score (nSPS) is 18.3. The first-order chi connectivity index (χ1) is 11.7. The Morgan fingerprint density at radius 3 is 2.88 bits per heavy atom. The summed E-state index contributed by atoms with van der Waals surface area (Å²) in [5.74, 6) is 0.562. The van der Waals surface area contributed by atoms with E-state index in [1.165, 1.54) is 11.3 Å². The van der Waals surface area contributed by atoms with Crippen molar-refractivity contribution in [1.82, 2.24) is 5.32 Å². The lowest BCUT2D eigenvalue weighted by Gasteiger charge is -2.19. The maximum Gasteiger partial charge on any atom is 0.265 e. The Bertz CT molecular complexity index is 677. The summed E-state index contributed by atoms with van der Waals surface area (Å²) in [5, 5.41) is 3.07. The lowest BCUT2D eigenvalue weighted by atomic mass is 10.1. The third-order valence-electron chi connectivity index (χ3n) is 4.14. The van der Waals surface area contributed by atoms with Crippen molar-refractivity contribution in [2.45, 2.75) is 38.8 Å². The van der Waals surface area contributed by atoms with Crippen LogP contribution in [0, 0.1) is 0 Å². The van der Waals surface area contributed by atoms with E-state index >= 15 is 0 Å². The van der Waals surface area contributed by atoms with E-state index in [4.69, 9.17) is 9.47 Å². The molecule has 0 saturated carbocycles. The van der Waals surface area contributed by atoms with Gasteiger partial charge in [-0.25, -0.2) is 0 Å². The summed E-state index contributed by atoms with van der Waals surface area (Å²) in [5.41, 5.74) is 1.09. The molecule has 1 fully saturated rings. The van der Waals surface area contributed by atoms with E-state index in [9.17, 15) is 4.79 Å². The molecule has 2 aromatic rings. The molecule has 1 amide bonds. The Kier molecular flexibility index (Phi) is 5.53. The highest BCUT2D eigenvalue weighted by molar-refractivity contribution is 7.17. The van der Waals surface area contributed by atoms with Gasteiger partial charge in [0.25, 0.3) is 5.91 Å². The zero-order valence-corrected chi connectivity index (χ0v) is 14.9. The zero-order valence-electron chi connectivity index (χ0n) is 14.1. The van der Waals surface area contributed by atoms with E-state index in [2.05, 4.69) is 5.32 Å². The quantitative estimate of drug-likeness (QED) is 0.857. The summed E-state index contributed by atoms with van der Waals surface area (Å²) in [4.78, 5) is 14.4. The van der Waals surface area contributed by atoms with Crippen LogP contribution in [0.1, 0.15) is 36.4 Å². The molecular formula is C19H23NO3S. The average Bonchev–Trinajstić information content (AvgIpc) is 3.26. The number of carbonyl (C=O) groups is 1.